The highest BCUT2D eigenvalue weighted by atomic mass is 79.9. The molecule has 2 heterocycles. The number of furan rings is 1. The lowest BCUT2D eigenvalue weighted by atomic mass is 10.2. The zero-order valence-corrected chi connectivity index (χ0v) is 14.2. The standard InChI is InChI=1S/C11H5BrCl2N2O5S/c12-9-8-5(14)1-4(13)2-6(8)21-10(9)22(19,20)16-3-7(17)15-11(16)18/h1-3,17H,(H,15,18). The third-order valence-corrected chi connectivity index (χ3v) is 5.87. The van der Waals surface area contributed by atoms with Gasteiger partial charge in [-0.2, -0.15) is 12.4 Å². The maximum Gasteiger partial charge on any atom is 0.342 e. The second kappa shape index (κ2) is 5.05. The molecule has 3 rings (SSSR count). The number of benzene rings is 1. The van der Waals surface area contributed by atoms with Crippen LogP contribution < -0.4 is 5.69 Å². The molecular formula is C11H5BrCl2N2O5S. The SMILES string of the molecule is O=c1[nH]c(O)cn1S(=O)(=O)c1oc2cc(Cl)cc(Cl)c2c1Br. The maximum absolute atomic E-state index is 12.5. The number of rotatable bonds is 2. The van der Waals surface area contributed by atoms with Gasteiger partial charge in [-0.25, -0.2) is 4.79 Å². The first kappa shape index (κ1) is 15.5. The summed E-state index contributed by atoms with van der Waals surface area (Å²) in [7, 11) is -4.37. The van der Waals surface area contributed by atoms with Gasteiger partial charge < -0.3 is 9.52 Å². The lowest BCUT2D eigenvalue weighted by Crippen LogP contribution is -2.24. The predicted octanol–water partition coefficient (Wildman–Crippen LogP) is 2.93. The summed E-state index contributed by atoms with van der Waals surface area (Å²) < 4.78 is 30.6. The average Bonchev–Trinajstić information content (AvgIpc) is 2.90. The van der Waals surface area contributed by atoms with Gasteiger partial charge in [-0.1, -0.05) is 23.2 Å². The van der Waals surface area contributed by atoms with E-state index < -0.39 is 26.7 Å². The van der Waals surface area contributed by atoms with E-state index in [-0.39, 0.29) is 20.1 Å². The monoisotopic (exact) mass is 426 g/mol. The summed E-state index contributed by atoms with van der Waals surface area (Å²) in [4.78, 5) is 13.5. The van der Waals surface area contributed by atoms with Crippen LogP contribution in [0.3, 0.4) is 0 Å². The van der Waals surface area contributed by atoms with Gasteiger partial charge in [-0.05, 0) is 22.0 Å². The number of aromatic nitrogens is 2. The molecule has 22 heavy (non-hydrogen) atoms. The van der Waals surface area contributed by atoms with Gasteiger partial charge in [0.2, 0.25) is 5.88 Å². The summed E-state index contributed by atoms with van der Waals surface area (Å²) in [6.45, 7) is 0. The molecule has 0 aliphatic carbocycles. The Bertz CT molecular complexity index is 1070. The summed E-state index contributed by atoms with van der Waals surface area (Å²) in [5.74, 6) is -0.595. The van der Waals surface area contributed by atoms with Crippen LogP contribution in [-0.2, 0) is 10.0 Å². The summed E-state index contributed by atoms with van der Waals surface area (Å²) in [5.41, 5.74) is -0.898. The molecule has 11 heteroatoms. The van der Waals surface area contributed by atoms with E-state index in [1.165, 1.54) is 12.1 Å². The molecule has 2 N–H and O–H groups in total. The first-order valence-corrected chi connectivity index (χ1v) is 8.54. The number of nitrogens with one attached hydrogen (secondary N) is 1. The number of nitrogens with zero attached hydrogens (tertiary/aromatic N) is 1. The number of aromatic amines is 1. The number of aromatic hydroxyl groups is 1. The molecule has 0 bridgehead atoms. The highest BCUT2D eigenvalue weighted by Gasteiger charge is 2.30. The van der Waals surface area contributed by atoms with E-state index in [0.717, 1.165) is 6.20 Å². The number of hydrogen-bond acceptors (Lipinski definition) is 5. The highest BCUT2D eigenvalue weighted by Crippen LogP contribution is 2.40. The largest absolute Gasteiger partial charge is 0.493 e. The fourth-order valence-corrected chi connectivity index (χ4v) is 4.88. The third kappa shape index (κ3) is 2.24. The minimum atomic E-state index is -4.37. The van der Waals surface area contributed by atoms with Crippen molar-refractivity contribution in [2.24, 2.45) is 0 Å². The lowest BCUT2D eigenvalue weighted by molar-refractivity contribution is 0.455. The molecule has 7 nitrogen and oxygen atoms in total. The molecule has 0 spiro atoms. The van der Waals surface area contributed by atoms with Gasteiger partial charge in [0.1, 0.15) is 5.58 Å². The van der Waals surface area contributed by atoms with Crippen LogP contribution in [0.15, 0.2) is 37.1 Å². The Morgan fingerprint density at radius 2 is 2.00 bits per heavy atom. The van der Waals surface area contributed by atoms with E-state index in [1.807, 2.05) is 4.98 Å². The molecule has 0 aliphatic rings. The number of imidazole rings is 1. The van der Waals surface area contributed by atoms with Crippen molar-refractivity contribution in [3.63, 3.8) is 0 Å². The average molecular weight is 428 g/mol. The predicted molar refractivity (Wildman–Crippen MR) is 83.2 cm³/mol. The van der Waals surface area contributed by atoms with E-state index >= 15 is 0 Å². The molecule has 0 radical (unpaired) electrons. The van der Waals surface area contributed by atoms with Crippen molar-refractivity contribution in [3.05, 3.63) is 43.3 Å². The van der Waals surface area contributed by atoms with Crippen LogP contribution in [0.4, 0.5) is 0 Å². The fraction of sp³-hybridized carbons (Fsp3) is 0. The summed E-state index contributed by atoms with van der Waals surface area (Å²) in [6.07, 6.45) is 0.728. The Balaban J connectivity index is 2.35. The quantitative estimate of drug-likeness (QED) is 0.654. The van der Waals surface area contributed by atoms with Crippen LogP contribution in [0.2, 0.25) is 10.0 Å². The molecular weight excluding hydrogens is 423 g/mol. The normalized spacial score (nSPS) is 12.1. The number of hydrogen-bond donors (Lipinski definition) is 2. The van der Waals surface area contributed by atoms with Crippen molar-refractivity contribution in [2.75, 3.05) is 0 Å². The van der Waals surface area contributed by atoms with E-state index in [0.29, 0.717) is 9.36 Å². The fourth-order valence-electron chi connectivity index (χ4n) is 1.89. The van der Waals surface area contributed by atoms with E-state index in [9.17, 15) is 18.3 Å². The first-order chi connectivity index (χ1) is 10.2. The molecule has 0 aliphatic heterocycles. The molecule has 0 fully saturated rings. The Morgan fingerprint density at radius 3 is 2.59 bits per heavy atom. The van der Waals surface area contributed by atoms with Gasteiger partial charge >= 0.3 is 15.7 Å². The molecule has 0 atom stereocenters. The minimum absolute atomic E-state index is 0.0526. The van der Waals surface area contributed by atoms with Crippen molar-refractivity contribution in [1.82, 2.24) is 8.96 Å². The van der Waals surface area contributed by atoms with E-state index in [4.69, 9.17) is 27.6 Å². The van der Waals surface area contributed by atoms with Gasteiger partial charge in [-0.15, -0.1) is 0 Å². The maximum atomic E-state index is 12.5. The van der Waals surface area contributed by atoms with Crippen LogP contribution in [-0.4, -0.2) is 22.5 Å². The van der Waals surface area contributed by atoms with Gasteiger partial charge in [-0.3, -0.25) is 4.98 Å². The van der Waals surface area contributed by atoms with Crippen molar-refractivity contribution < 1.29 is 17.9 Å². The van der Waals surface area contributed by atoms with Crippen LogP contribution in [0.1, 0.15) is 0 Å². The minimum Gasteiger partial charge on any atom is -0.493 e. The molecule has 0 unspecified atom stereocenters. The Morgan fingerprint density at radius 1 is 1.32 bits per heavy atom. The zero-order chi connectivity index (χ0) is 16.2. The molecule has 0 saturated carbocycles. The molecule has 0 saturated heterocycles. The van der Waals surface area contributed by atoms with Crippen molar-refractivity contribution in [2.45, 2.75) is 5.09 Å². The van der Waals surface area contributed by atoms with Crippen molar-refractivity contribution >= 4 is 60.1 Å². The van der Waals surface area contributed by atoms with Crippen LogP contribution in [0.25, 0.3) is 11.0 Å². The number of halogens is 3. The Kier molecular flexibility index (Phi) is 3.55. The summed E-state index contributed by atoms with van der Waals surface area (Å²) in [6, 6.07) is 2.82. The second-order valence-corrected chi connectivity index (χ2v) is 7.56. The summed E-state index contributed by atoms with van der Waals surface area (Å²) >= 11 is 15.0. The molecule has 3 aromatic rings. The van der Waals surface area contributed by atoms with Gasteiger partial charge in [0, 0.05) is 11.1 Å². The van der Waals surface area contributed by atoms with Crippen molar-refractivity contribution in [3.8, 4) is 5.88 Å². The van der Waals surface area contributed by atoms with Crippen LogP contribution in [0.5, 0.6) is 5.88 Å². The van der Waals surface area contributed by atoms with E-state index in [1.54, 1.807) is 0 Å². The number of H-pyrrole nitrogens is 1. The van der Waals surface area contributed by atoms with E-state index in [2.05, 4.69) is 15.9 Å². The first-order valence-electron chi connectivity index (χ1n) is 5.55. The van der Waals surface area contributed by atoms with Crippen molar-refractivity contribution in [1.29, 1.82) is 0 Å². The molecule has 116 valence electrons. The lowest BCUT2D eigenvalue weighted by Gasteiger charge is -2.00. The van der Waals surface area contributed by atoms with Gasteiger partial charge in [0.05, 0.1) is 21.1 Å². The zero-order valence-electron chi connectivity index (χ0n) is 10.3. The topological polar surface area (TPSA) is 105 Å². The Hall–Kier alpha value is -1.42. The molecule has 1 aromatic carbocycles. The highest BCUT2D eigenvalue weighted by molar-refractivity contribution is 9.10. The second-order valence-electron chi connectivity index (χ2n) is 4.21. The molecule has 2 aromatic heterocycles. The molecule has 0 amide bonds. The summed E-state index contributed by atoms with van der Waals surface area (Å²) in [5, 5.41) is 9.43. The van der Waals surface area contributed by atoms with Gasteiger partial charge in [0.25, 0.3) is 5.09 Å². The van der Waals surface area contributed by atoms with Gasteiger partial charge in [0.15, 0.2) is 0 Å². The smallest absolute Gasteiger partial charge is 0.342 e. The Labute approximate surface area is 141 Å². The van der Waals surface area contributed by atoms with Crippen LogP contribution in [0, 0.1) is 0 Å². The third-order valence-electron chi connectivity index (χ3n) is 2.79. The van der Waals surface area contributed by atoms with Crippen LogP contribution >= 0.6 is 39.1 Å². The number of fused-ring (bicyclic) bond motifs is 1.